The van der Waals surface area contributed by atoms with Gasteiger partial charge in [-0.25, -0.2) is 8.42 Å². The summed E-state index contributed by atoms with van der Waals surface area (Å²) in [5, 5.41) is 9.80. The lowest BCUT2D eigenvalue weighted by Gasteiger charge is -2.15. The van der Waals surface area contributed by atoms with Gasteiger partial charge in [0, 0.05) is 23.6 Å². The number of ketones is 1. The molecule has 0 amide bonds. The molecule has 1 heterocycles. The zero-order chi connectivity index (χ0) is 18.1. The van der Waals surface area contributed by atoms with E-state index in [0.717, 1.165) is 6.26 Å². The Bertz CT molecular complexity index is 959. The number of hydrogen-bond donors (Lipinski definition) is 2. The van der Waals surface area contributed by atoms with E-state index >= 15 is 0 Å². The molecule has 2 rings (SSSR count). The first-order chi connectivity index (χ1) is 11.2. The number of aromatic nitrogens is 1. The van der Waals surface area contributed by atoms with Crippen LogP contribution in [0.1, 0.15) is 28.4 Å². The predicted molar refractivity (Wildman–Crippen MR) is 87.6 cm³/mol. The van der Waals surface area contributed by atoms with E-state index < -0.39 is 32.5 Å². The molecule has 0 aliphatic rings. The molecule has 0 saturated carbocycles. The van der Waals surface area contributed by atoms with Crippen molar-refractivity contribution in [1.29, 1.82) is 0 Å². The maximum absolute atomic E-state index is 12.6. The first-order valence-electron chi connectivity index (χ1n) is 7.10. The second-order valence-electron chi connectivity index (χ2n) is 5.17. The summed E-state index contributed by atoms with van der Waals surface area (Å²) >= 11 is 0. The summed E-state index contributed by atoms with van der Waals surface area (Å²) in [6.07, 6.45) is 2.26. The standard InChI is InChI=1S/C16H17NO6S/c1-4-23-15-9(2)10(5-6-12(15)24(3,21)22)14(19)13-11(18)7-8-17-16(13)20/h5-8H,4H2,1-3H3,(H2,17,18,20). The summed E-state index contributed by atoms with van der Waals surface area (Å²) in [6.45, 7) is 3.42. The Labute approximate surface area is 138 Å². The molecule has 1 aromatic heterocycles. The van der Waals surface area contributed by atoms with Gasteiger partial charge >= 0.3 is 0 Å². The molecule has 1 aromatic carbocycles. The van der Waals surface area contributed by atoms with Gasteiger partial charge in [-0.2, -0.15) is 0 Å². The summed E-state index contributed by atoms with van der Waals surface area (Å²) in [5.74, 6) is -1.10. The molecule has 24 heavy (non-hydrogen) atoms. The normalized spacial score (nSPS) is 11.3. The molecule has 0 unspecified atom stereocenters. The van der Waals surface area contributed by atoms with Crippen LogP contribution in [0.3, 0.4) is 0 Å². The highest BCUT2D eigenvalue weighted by Gasteiger charge is 2.25. The number of aromatic amines is 1. The number of pyridine rings is 1. The summed E-state index contributed by atoms with van der Waals surface area (Å²) in [6, 6.07) is 3.76. The molecule has 0 saturated heterocycles. The highest BCUT2D eigenvalue weighted by molar-refractivity contribution is 7.90. The lowest BCUT2D eigenvalue weighted by molar-refractivity contribution is 0.103. The fourth-order valence-electron chi connectivity index (χ4n) is 2.35. The van der Waals surface area contributed by atoms with Crippen LogP contribution >= 0.6 is 0 Å². The van der Waals surface area contributed by atoms with Gasteiger partial charge in [0.25, 0.3) is 5.56 Å². The number of carbonyl (C=O) groups is 1. The van der Waals surface area contributed by atoms with Gasteiger partial charge in [-0.3, -0.25) is 9.59 Å². The average Bonchev–Trinajstić information content (AvgIpc) is 2.47. The van der Waals surface area contributed by atoms with E-state index in [-0.39, 0.29) is 28.4 Å². The van der Waals surface area contributed by atoms with Crippen LogP contribution < -0.4 is 10.3 Å². The second kappa shape index (κ2) is 6.48. The number of nitrogens with one attached hydrogen (secondary N) is 1. The van der Waals surface area contributed by atoms with Crippen LogP contribution in [-0.2, 0) is 9.84 Å². The predicted octanol–water partition coefficient (Wildman–Crippen LogP) is 1.42. The highest BCUT2D eigenvalue weighted by atomic mass is 32.2. The van der Waals surface area contributed by atoms with Gasteiger partial charge in [-0.05, 0) is 32.0 Å². The Morgan fingerprint density at radius 3 is 2.50 bits per heavy atom. The van der Waals surface area contributed by atoms with E-state index in [1.54, 1.807) is 6.92 Å². The van der Waals surface area contributed by atoms with Gasteiger partial charge < -0.3 is 14.8 Å². The lowest BCUT2D eigenvalue weighted by Crippen LogP contribution is -2.19. The van der Waals surface area contributed by atoms with Gasteiger partial charge in [0.2, 0.25) is 5.78 Å². The zero-order valence-corrected chi connectivity index (χ0v) is 14.2. The van der Waals surface area contributed by atoms with E-state index in [1.807, 2.05) is 0 Å². The van der Waals surface area contributed by atoms with Gasteiger partial charge in [0.05, 0.1) is 6.61 Å². The Kier molecular flexibility index (Phi) is 4.79. The third kappa shape index (κ3) is 3.18. The number of aromatic hydroxyl groups is 1. The Morgan fingerprint density at radius 1 is 1.29 bits per heavy atom. The topological polar surface area (TPSA) is 114 Å². The van der Waals surface area contributed by atoms with Gasteiger partial charge in [0.15, 0.2) is 9.84 Å². The highest BCUT2D eigenvalue weighted by Crippen LogP contribution is 2.32. The summed E-state index contributed by atoms with van der Waals surface area (Å²) in [4.78, 5) is 26.8. The van der Waals surface area contributed by atoms with E-state index in [0.29, 0.717) is 0 Å². The number of hydrogen-bond acceptors (Lipinski definition) is 6. The van der Waals surface area contributed by atoms with Crippen molar-refractivity contribution in [3.63, 3.8) is 0 Å². The van der Waals surface area contributed by atoms with Crippen molar-refractivity contribution in [3.8, 4) is 11.5 Å². The van der Waals surface area contributed by atoms with Crippen LogP contribution in [0.4, 0.5) is 0 Å². The fourth-order valence-corrected chi connectivity index (χ4v) is 3.21. The number of ether oxygens (including phenoxy) is 1. The van der Waals surface area contributed by atoms with Crippen LogP contribution in [0, 0.1) is 6.92 Å². The van der Waals surface area contributed by atoms with E-state index in [9.17, 15) is 23.1 Å². The summed E-state index contributed by atoms with van der Waals surface area (Å²) < 4.78 is 29.2. The molecule has 7 nitrogen and oxygen atoms in total. The maximum Gasteiger partial charge on any atom is 0.262 e. The Balaban J connectivity index is 2.71. The molecule has 8 heteroatoms. The van der Waals surface area contributed by atoms with Crippen molar-refractivity contribution in [1.82, 2.24) is 4.98 Å². The molecule has 0 fully saturated rings. The fraction of sp³-hybridized carbons (Fsp3) is 0.250. The number of carbonyl (C=O) groups excluding carboxylic acids is 1. The monoisotopic (exact) mass is 351 g/mol. The molecule has 0 aliphatic carbocycles. The molecule has 128 valence electrons. The third-order valence-corrected chi connectivity index (χ3v) is 4.59. The van der Waals surface area contributed by atoms with Crippen molar-refractivity contribution >= 4 is 15.6 Å². The number of benzene rings is 1. The van der Waals surface area contributed by atoms with Crippen LogP contribution in [-0.4, -0.2) is 37.2 Å². The van der Waals surface area contributed by atoms with Crippen molar-refractivity contribution in [2.75, 3.05) is 12.9 Å². The Hall–Kier alpha value is -2.61. The van der Waals surface area contributed by atoms with Crippen molar-refractivity contribution < 1.29 is 23.1 Å². The molecule has 2 N–H and O–H groups in total. The number of H-pyrrole nitrogens is 1. The first-order valence-corrected chi connectivity index (χ1v) is 8.99. The van der Waals surface area contributed by atoms with Crippen LogP contribution in [0.2, 0.25) is 0 Å². The van der Waals surface area contributed by atoms with Crippen molar-refractivity contribution in [2.45, 2.75) is 18.7 Å². The van der Waals surface area contributed by atoms with Gasteiger partial charge in [-0.15, -0.1) is 0 Å². The van der Waals surface area contributed by atoms with E-state index in [2.05, 4.69) is 4.98 Å². The molecule has 0 spiro atoms. The van der Waals surface area contributed by atoms with Crippen LogP contribution in [0.5, 0.6) is 11.5 Å². The van der Waals surface area contributed by atoms with Gasteiger partial charge in [0.1, 0.15) is 22.0 Å². The molecule has 0 bridgehead atoms. The van der Waals surface area contributed by atoms with Crippen molar-refractivity contribution in [3.05, 3.63) is 51.4 Å². The minimum absolute atomic E-state index is 0.0374. The van der Waals surface area contributed by atoms with Crippen molar-refractivity contribution in [2.24, 2.45) is 0 Å². The Morgan fingerprint density at radius 2 is 1.96 bits per heavy atom. The maximum atomic E-state index is 12.6. The average molecular weight is 351 g/mol. The molecule has 0 aliphatic heterocycles. The third-order valence-electron chi connectivity index (χ3n) is 3.47. The van der Waals surface area contributed by atoms with Gasteiger partial charge in [-0.1, -0.05) is 0 Å². The number of sulfone groups is 1. The SMILES string of the molecule is CCOc1c(S(C)(=O)=O)ccc(C(=O)c2c(O)cc[nH]c2=O)c1C. The molecule has 0 radical (unpaired) electrons. The molecule has 0 atom stereocenters. The largest absolute Gasteiger partial charge is 0.507 e. The number of rotatable bonds is 5. The smallest absolute Gasteiger partial charge is 0.262 e. The first kappa shape index (κ1) is 17.7. The minimum Gasteiger partial charge on any atom is -0.507 e. The second-order valence-corrected chi connectivity index (χ2v) is 7.15. The summed E-state index contributed by atoms with van der Waals surface area (Å²) in [7, 11) is -3.56. The van der Waals surface area contributed by atoms with E-state index in [1.165, 1.54) is 31.3 Å². The molecular formula is C16H17NO6S. The minimum atomic E-state index is -3.56. The zero-order valence-electron chi connectivity index (χ0n) is 13.4. The van der Waals surface area contributed by atoms with E-state index in [4.69, 9.17) is 4.74 Å². The van der Waals surface area contributed by atoms with Crippen LogP contribution in [0.25, 0.3) is 0 Å². The summed E-state index contributed by atoms with van der Waals surface area (Å²) in [5.41, 5.74) is -0.773. The molecule has 2 aromatic rings. The quantitative estimate of drug-likeness (QED) is 0.788. The lowest BCUT2D eigenvalue weighted by atomic mass is 9.98. The van der Waals surface area contributed by atoms with Crippen LogP contribution in [0.15, 0.2) is 34.1 Å². The molecular weight excluding hydrogens is 334 g/mol.